The molecule has 2 atom stereocenters. The highest BCUT2D eigenvalue weighted by atomic mass is 16.5. The summed E-state index contributed by atoms with van der Waals surface area (Å²) in [4.78, 5) is 34.6. The van der Waals surface area contributed by atoms with Crippen LogP contribution in [0.2, 0.25) is 0 Å². The molecule has 5 heteroatoms. The van der Waals surface area contributed by atoms with Crippen molar-refractivity contribution in [2.24, 2.45) is 10.9 Å². The Balaban J connectivity index is 1.60. The lowest BCUT2D eigenvalue weighted by atomic mass is 9.72. The van der Waals surface area contributed by atoms with E-state index in [1.54, 1.807) is 12.4 Å². The highest BCUT2D eigenvalue weighted by Crippen LogP contribution is 2.43. The summed E-state index contributed by atoms with van der Waals surface area (Å²) in [5.74, 6) is -1.18. The molecule has 148 valence electrons. The van der Waals surface area contributed by atoms with Crippen molar-refractivity contribution in [1.29, 1.82) is 0 Å². The van der Waals surface area contributed by atoms with Gasteiger partial charge in [-0.15, -0.1) is 0 Å². The first-order chi connectivity index (χ1) is 14.1. The van der Waals surface area contributed by atoms with E-state index < -0.39 is 5.92 Å². The van der Waals surface area contributed by atoms with E-state index in [1.165, 1.54) is 0 Å². The second-order valence-corrected chi connectivity index (χ2v) is 7.53. The third-order valence-electron chi connectivity index (χ3n) is 5.63. The number of carbonyl (C=O) groups excluding carboxylic acids is 2. The lowest BCUT2D eigenvalue weighted by Crippen LogP contribution is -2.37. The molecule has 1 aromatic carbocycles. The predicted molar refractivity (Wildman–Crippen MR) is 111 cm³/mol. The van der Waals surface area contributed by atoms with Crippen molar-refractivity contribution in [2.45, 2.75) is 38.5 Å². The number of hydrogen-bond donors (Lipinski definition) is 0. The van der Waals surface area contributed by atoms with Gasteiger partial charge >= 0.3 is 5.97 Å². The van der Waals surface area contributed by atoms with Crippen LogP contribution in [-0.2, 0) is 20.7 Å². The number of rotatable bonds is 5. The minimum absolute atomic E-state index is 0.0893. The summed E-state index contributed by atoms with van der Waals surface area (Å²) >= 11 is 0. The maximum atomic E-state index is 13.1. The molecule has 0 radical (unpaired) electrons. The summed E-state index contributed by atoms with van der Waals surface area (Å²) in [5.41, 5.74) is 4.24. The van der Waals surface area contributed by atoms with Crippen LogP contribution in [0.15, 0.2) is 71.1 Å². The highest BCUT2D eigenvalue weighted by Gasteiger charge is 2.43. The summed E-state index contributed by atoms with van der Waals surface area (Å²) in [6.45, 7) is 2.16. The Bertz CT molecular complexity index is 964. The molecular weight excluding hydrogens is 364 g/mol. The number of benzene rings is 1. The first-order valence-electron chi connectivity index (χ1n) is 10.1. The average Bonchev–Trinajstić information content (AvgIpc) is 2.74. The van der Waals surface area contributed by atoms with E-state index in [2.05, 4.69) is 9.98 Å². The topological polar surface area (TPSA) is 68.6 Å². The van der Waals surface area contributed by atoms with Crippen LogP contribution in [0.1, 0.15) is 43.2 Å². The normalized spacial score (nSPS) is 21.4. The Morgan fingerprint density at radius 3 is 2.62 bits per heavy atom. The van der Waals surface area contributed by atoms with Crippen LogP contribution in [0, 0.1) is 5.92 Å². The van der Waals surface area contributed by atoms with Gasteiger partial charge in [-0.05, 0) is 43.0 Å². The summed E-state index contributed by atoms with van der Waals surface area (Å²) in [5, 5.41) is 0. The number of nitrogens with zero attached hydrogens (tertiary/aromatic N) is 2. The van der Waals surface area contributed by atoms with Crippen molar-refractivity contribution in [3.05, 3.63) is 77.3 Å². The predicted octanol–water partition coefficient (Wildman–Crippen LogP) is 4.05. The molecule has 2 aliphatic rings. The van der Waals surface area contributed by atoms with E-state index in [1.807, 2.05) is 49.4 Å². The molecule has 0 fully saturated rings. The van der Waals surface area contributed by atoms with Crippen molar-refractivity contribution >= 4 is 17.5 Å². The van der Waals surface area contributed by atoms with Crippen LogP contribution in [0.4, 0.5) is 0 Å². The standard InChI is InChI=1S/C24H24N2O3/c1-16-21(24(28)29-15-12-17-6-3-2-4-7-17)22(18-10-13-25-14-11-18)23-19(26-16)8-5-9-20(23)27/h2-4,6-7,10-11,13-14,21-22H,5,8-9,12,15H2,1H3. The molecule has 29 heavy (non-hydrogen) atoms. The molecule has 5 nitrogen and oxygen atoms in total. The van der Waals surface area contributed by atoms with Crippen molar-refractivity contribution in [2.75, 3.05) is 6.61 Å². The number of pyridine rings is 1. The van der Waals surface area contributed by atoms with E-state index in [4.69, 9.17) is 4.74 Å². The number of carbonyl (C=O) groups is 2. The Morgan fingerprint density at radius 1 is 1.10 bits per heavy atom. The van der Waals surface area contributed by atoms with E-state index in [0.717, 1.165) is 29.7 Å². The monoisotopic (exact) mass is 388 g/mol. The van der Waals surface area contributed by atoms with Crippen molar-refractivity contribution in [3.8, 4) is 0 Å². The zero-order valence-corrected chi connectivity index (χ0v) is 16.5. The molecular formula is C24H24N2O3. The SMILES string of the molecule is CC1=NC2=C(C(=O)CCC2)C(c2ccncc2)C1C(=O)OCCc1ccccc1. The molecule has 1 aromatic heterocycles. The Morgan fingerprint density at radius 2 is 1.86 bits per heavy atom. The van der Waals surface area contributed by atoms with E-state index in [9.17, 15) is 9.59 Å². The third kappa shape index (κ3) is 4.04. The zero-order chi connectivity index (χ0) is 20.2. The van der Waals surface area contributed by atoms with Gasteiger partial charge < -0.3 is 4.74 Å². The quantitative estimate of drug-likeness (QED) is 0.725. The minimum Gasteiger partial charge on any atom is -0.465 e. The molecule has 0 bridgehead atoms. The van der Waals surface area contributed by atoms with E-state index in [-0.39, 0.29) is 17.7 Å². The van der Waals surface area contributed by atoms with Gasteiger partial charge in [0.2, 0.25) is 0 Å². The Labute approximate surface area is 170 Å². The molecule has 1 aliphatic carbocycles. The van der Waals surface area contributed by atoms with Gasteiger partial charge in [0.05, 0.1) is 6.61 Å². The molecule has 1 aliphatic heterocycles. The van der Waals surface area contributed by atoms with Gasteiger partial charge in [0, 0.05) is 48.1 Å². The number of aliphatic imine (C=N–C) groups is 1. The lowest BCUT2D eigenvalue weighted by molar-refractivity contribution is -0.146. The molecule has 2 heterocycles. The number of Topliss-reactive ketones (excluding diaryl/α,β-unsaturated/α-hetero) is 1. The largest absolute Gasteiger partial charge is 0.465 e. The number of esters is 1. The van der Waals surface area contributed by atoms with Crippen molar-refractivity contribution in [1.82, 2.24) is 4.98 Å². The van der Waals surface area contributed by atoms with Gasteiger partial charge in [-0.3, -0.25) is 19.6 Å². The Hall–Kier alpha value is -3.08. The van der Waals surface area contributed by atoms with Crippen LogP contribution < -0.4 is 0 Å². The molecule has 2 unspecified atom stereocenters. The number of aromatic nitrogens is 1. The average molecular weight is 388 g/mol. The van der Waals surface area contributed by atoms with Gasteiger partial charge in [0.15, 0.2) is 5.78 Å². The second kappa shape index (κ2) is 8.52. The molecule has 0 saturated carbocycles. The molecule has 0 saturated heterocycles. The van der Waals surface area contributed by atoms with Crippen LogP contribution in [0.3, 0.4) is 0 Å². The van der Waals surface area contributed by atoms with Crippen molar-refractivity contribution in [3.63, 3.8) is 0 Å². The van der Waals surface area contributed by atoms with E-state index >= 15 is 0 Å². The maximum Gasteiger partial charge on any atom is 0.315 e. The lowest BCUT2D eigenvalue weighted by Gasteiger charge is -2.34. The van der Waals surface area contributed by atoms with Crippen LogP contribution in [-0.4, -0.2) is 29.1 Å². The number of hydrogen-bond acceptors (Lipinski definition) is 5. The Kier molecular flexibility index (Phi) is 5.65. The third-order valence-corrected chi connectivity index (χ3v) is 5.63. The van der Waals surface area contributed by atoms with Gasteiger partial charge in [-0.1, -0.05) is 30.3 Å². The number of ketones is 1. The maximum absolute atomic E-state index is 13.1. The van der Waals surface area contributed by atoms with Gasteiger partial charge in [-0.2, -0.15) is 0 Å². The minimum atomic E-state index is -0.589. The zero-order valence-electron chi connectivity index (χ0n) is 16.5. The van der Waals surface area contributed by atoms with Gasteiger partial charge in [0.25, 0.3) is 0 Å². The van der Waals surface area contributed by atoms with Crippen LogP contribution in [0.25, 0.3) is 0 Å². The molecule has 0 spiro atoms. The summed E-state index contributed by atoms with van der Waals surface area (Å²) in [6, 6.07) is 13.7. The first-order valence-corrected chi connectivity index (χ1v) is 10.1. The fourth-order valence-electron chi connectivity index (χ4n) is 4.25. The summed E-state index contributed by atoms with van der Waals surface area (Å²) in [6.07, 6.45) is 6.13. The van der Waals surface area contributed by atoms with E-state index in [0.29, 0.717) is 30.7 Å². The summed E-state index contributed by atoms with van der Waals surface area (Å²) < 4.78 is 5.65. The highest BCUT2D eigenvalue weighted by molar-refractivity contribution is 6.08. The second-order valence-electron chi connectivity index (χ2n) is 7.53. The van der Waals surface area contributed by atoms with Crippen molar-refractivity contribution < 1.29 is 14.3 Å². The molecule has 2 aromatic rings. The number of ether oxygens (including phenoxy) is 1. The number of allylic oxidation sites excluding steroid dienone is 2. The van der Waals surface area contributed by atoms with Crippen LogP contribution >= 0.6 is 0 Å². The van der Waals surface area contributed by atoms with Gasteiger partial charge in [-0.25, -0.2) is 0 Å². The molecule has 4 rings (SSSR count). The fraction of sp³-hybridized carbons (Fsp3) is 0.333. The first kappa shape index (κ1) is 19.2. The van der Waals surface area contributed by atoms with Gasteiger partial charge in [0.1, 0.15) is 5.92 Å². The summed E-state index contributed by atoms with van der Waals surface area (Å²) in [7, 11) is 0. The van der Waals surface area contributed by atoms with Crippen LogP contribution in [0.5, 0.6) is 0 Å². The smallest absolute Gasteiger partial charge is 0.315 e. The molecule has 0 N–H and O–H groups in total. The fourth-order valence-corrected chi connectivity index (χ4v) is 4.25. The molecule has 0 amide bonds.